The fourth-order valence-electron chi connectivity index (χ4n) is 2.33. The number of amides is 2. The van der Waals surface area contributed by atoms with Gasteiger partial charge >= 0.3 is 6.09 Å². The van der Waals surface area contributed by atoms with E-state index in [4.69, 9.17) is 5.11 Å². The van der Waals surface area contributed by atoms with Gasteiger partial charge in [-0.1, -0.05) is 44.2 Å². The molecule has 0 spiro atoms. The van der Waals surface area contributed by atoms with Gasteiger partial charge in [-0.05, 0) is 12.1 Å². The van der Waals surface area contributed by atoms with Crippen molar-refractivity contribution in [1.29, 1.82) is 0 Å². The Bertz CT molecular complexity index is 537. The molecule has 5 nitrogen and oxygen atoms in total. The molecule has 2 rings (SSSR count). The lowest BCUT2D eigenvalue weighted by Crippen LogP contribution is -2.53. The molecule has 0 saturated heterocycles. The molecule has 1 aliphatic rings. The van der Waals surface area contributed by atoms with Crippen LogP contribution in [0.15, 0.2) is 42.5 Å². The Balaban J connectivity index is 2.36. The van der Waals surface area contributed by atoms with Gasteiger partial charge in [-0.3, -0.25) is 4.79 Å². The van der Waals surface area contributed by atoms with Crippen LogP contribution in [0.3, 0.4) is 0 Å². The van der Waals surface area contributed by atoms with Crippen molar-refractivity contribution < 1.29 is 14.7 Å². The SMILES string of the molecule is CC1(C)C=CCN(c2ccccc2)C(=O)C1NC(=O)O. The number of carbonyl (C=O) groups excluding carboxylic acids is 1. The molecule has 0 bridgehead atoms. The molecule has 0 aliphatic carbocycles. The molecule has 20 heavy (non-hydrogen) atoms. The van der Waals surface area contributed by atoms with Crippen LogP contribution in [0, 0.1) is 5.41 Å². The van der Waals surface area contributed by atoms with Gasteiger partial charge in [0.1, 0.15) is 6.04 Å². The third kappa shape index (κ3) is 2.82. The normalized spacial score (nSPS) is 21.4. The van der Waals surface area contributed by atoms with Crippen molar-refractivity contribution in [2.24, 2.45) is 5.41 Å². The van der Waals surface area contributed by atoms with E-state index in [1.807, 2.05) is 56.3 Å². The number of anilines is 1. The lowest BCUT2D eigenvalue weighted by atomic mass is 9.84. The summed E-state index contributed by atoms with van der Waals surface area (Å²) in [7, 11) is 0. The van der Waals surface area contributed by atoms with Gasteiger partial charge in [0.25, 0.3) is 5.91 Å². The van der Waals surface area contributed by atoms with Crippen LogP contribution in [0.1, 0.15) is 13.8 Å². The molecule has 1 heterocycles. The second-order valence-electron chi connectivity index (χ2n) is 5.39. The van der Waals surface area contributed by atoms with E-state index in [-0.39, 0.29) is 5.91 Å². The summed E-state index contributed by atoms with van der Waals surface area (Å²) in [5.74, 6) is -0.242. The standard InChI is InChI=1S/C15H18N2O3/c1-15(2)9-6-10-17(11-7-4-3-5-8-11)13(18)12(15)16-14(19)20/h3-9,12,16H,10H2,1-2H3,(H,19,20). The lowest BCUT2D eigenvalue weighted by Gasteiger charge is -2.32. The molecular formula is C15H18N2O3. The van der Waals surface area contributed by atoms with Gasteiger partial charge in [0.15, 0.2) is 0 Å². The van der Waals surface area contributed by atoms with Crippen molar-refractivity contribution >= 4 is 17.7 Å². The predicted molar refractivity (Wildman–Crippen MR) is 76.7 cm³/mol. The fraction of sp³-hybridized carbons (Fsp3) is 0.333. The molecule has 106 valence electrons. The average Bonchev–Trinajstić information content (AvgIpc) is 2.50. The van der Waals surface area contributed by atoms with Crippen LogP contribution in [0.25, 0.3) is 0 Å². The van der Waals surface area contributed by atoms with E-state index in [1.54, 1.807) is 4.90 Å². The first-order valence-corrected chi connectivity index (χ1v) is 6.45. The lowest BCUT2D eigenvalue weighted by molar-refractivity contribution is -0.122. The number of para-hydroxylation sites is 1. The summed E-state index contributed by atoms with van der Waals surface area (Å²) in [6.07, 6.45) is 2.59. The van der Waals surface area contributed by atoms with Crippen molar-refractivity contribution in [3.63, 3.8) is 0 Å². The molecular weight excluding hydrogens is 256 g/mol. The van der Waals surface area contributed by atoms with Crippen LogP contribution in [-0.4, -0.2) is 29.7 Å². The Morgan fingerprint density at radius 3 is 2.60 bits per heavy atom. The zero-order chi connectivity index (χ0) is 14.8. The zero-order valence-corrected chi connectivity index (χ0v) is 11.5. The van der Waals surface area contributed by atoms with Crippen LogP contribution in [0.5, 0.6) is 0 Å². The van der Waals surface area contributed by atoms with Crippen molar-refractivity contribution in [3.05, 3.63) is 42.5 Å². The summed E-state index contributed by atoms with van der Waals surface area (Å²) in [4.78, 5) is 25.2. The van der Waals surface area contributed by atoms with E-state index in [0.717, 1.165) is 5.69 Å². The van der Waals surface area contributed by atoms with Crippen molar-refractivity contribution in [2.75, 3.05) is 11.4 Å². The minimum Gasteiger partial charge on any atom is -0.465 e. The first-order chi connectivity index (χ1) is 9.42. The summed E-state index contributed by atoms with van der Waals surface area (Å²) >= 11 is 0. The number of nitrogens with zero attached hydrogens (tertiary/aromatic N) is 1. The molecule has 0 aromatic heterocycles. The van der Waals surface area contributed by atoms with E-state index < -0.39 is 17.6 Å². The maximum Gasteiger partial charge on any atom is 0.405 e. The van der Waals surface area contributed by atoms with Gasteiger partial charge in [0.05, 0.1) is 0 Å². The number of hydrogen-bond acceptors (Lipinski definition) is 2. The Morgan fingerprint density at radius 1 is 1.35 bits per heavy atom. The van der Waals surface area contributed by atoms with E-state index in [1.165, 1.54) is 0 Å². The van der Waals surface area contributed by atoms with E-state index in [2.05, 4.69) is 5.32 Å². The van der Waals surface area contributed by atoms with Crippen LogP contribution >= 0.6 is 0 Å². The highest BCUT2D eigenvalue weighted by Gasteiger charge is 2.39. The summed E-state index contributed by atoms with van der Waals surface area (Å²) in [5, 5.41) is 11.3. The highest BCUT2D eigenvalue weighted by Crippen LogP contribution is 2.28. The maximum absolute atomic E-state index is 12.7. The molecule has 1 aliphatic heterocycles. The van der Waals surface area contributed by atoms with Crippen LogP contribution in [0.4, 0.5) is 10.5 Å². The molecule has 5 heteroatoms. The predicted octanol–water partition coefficient (Wildman–Crippen LogP) is 2.25. The molecule has 2 amide bonds. The minimum atomic E-state index is -1.19. The largest absolute Gasteiger partial charge is 0.465 e. The summed E-state index contributed by atoms with van der Waals surface area (Å²) in [6.45, 7) is 4.12. The first kappa shape index (κ1) is 14.1. The molecule has 1 aromatic carbocycles. The van der Waals surface area contributed by atoms with Gasteiger partial charge in [0.2, 0.25) is 0 Å². The molecule has 1 aromatic rings. The van der Waals surface area contributed by atoms with Crippen LogP contribution in [0.2, 0.25) is 0 Å². The quantitative estimate of drug-likeness (QED) is 0.813. The number of benzene rings is 1. The molecule has 1 atom stereocenters. The van der Waals surface area contributed by atoms with Crippen molar-refractivity contribution in [2.45, 2.75) is 19.9 Å². The number of nitrogens with one attached hydrogen (secondary N) is 1. The molecule has 0 saturated carbocycles. The fourth-order valence-corrected chi connectivity index (χ4v) is 2.33. The Hall–Kier alpha value is -2.30. The zero-order valence-electron chi connectivity index (χ0n) is 11.5. The van der Waals surface area contributed by atoms with Gasteiger partial charge in [-0.15, -0.1) is 0 Å². The minimum absolute atomic E-state index is 0.242. The van der Waals surface area contributed by atoms with Gasteiger partial charge < -0.3 is 15.3 Å². The molecule has 2 N–H and O–H groups in total. The number of hydrogen-bond donors (Lipinski definition) is 2. The number of carboxylic acid groups (broad SMARTS) is 1. The van der Waals surface area contributed by atoms with Gasteiger partial charge in [0, 0.05) is 17.6 Å². The van der Waals surface area contributed by atoms with E-state index in [0.29, 0.717) is 6.54 Å². The number of rotatable bonds is 2. The second-order valence-corrected chi connectivity index (χ2v) is 5.39. The van der Waals surface area contributed by atoms with Crippen LogP contribution in [-0.2, 0) is 4.79 Å². The molecule has 0 fully saturated rings. The van der Waals surface area contributed by atoms with E-state index in [9.17, 15) is 9.59 Å². The van der Waals surface area contributed by atoms with Crippen molar-refractivity contribution in [1.82, 2.24) is 5.32 Å². The number of carbonyl (C=O) groups is 2. The molecule has 0 radical (unpaired) electrons. The Morgan fingerprint density at radius 2 is 2.00 bits per heavy atom. The van der Waals surface area contributed by atoms with Crippen molar-refractivity contribution in [3.8, 4) is 0 Å². The summed E-state index contributed by atoms with van der Waals surface area (Å²) in [5.41, 5.74) is 0.191. The average molecular weight is 274 g/mol. The summed E-state index contributed by atoms with van der Waals surface area (Å²) in [6, 6.07) is 8.44. The topological polar surface area (TPSA) is 69.6 Å². The third-order valence-electron chi connectivity index (χ3n) is 3.43. The highest BCUT2D eigenvalue weighted by atomic mass is 16.4. The molecule has 1 unspecified atom stereocenters. The summed E-state index contributed by atoms with van der Waals surface area (Å²) < 4.78 is 0. The Kier molecular flexibility index (Phi) is 3.79. The second kappa shape index (κ2) is 5.36. The monoisotopic (exact) mass is 274 g/mol. The highest BCUT2D eigenvalue weighted by molar-refractivity contribution is 6.00. The Labute approximate surface area is 117 Å². The first-order valence-electron chi connectivity index (χ1n) is 6.45. The van der Waals surface area contributed by atoms with E-state index >= 15 is 0 Å². The smallest absolute Gasteiger partial charge is 0.405 e. The maximum atomic E-state index is 12.7. The van der Waals surface area contributed by atoms with Gasteiger partial charge in [-0.25, -0.2) is 4.79 Å². The third-order valence-corrected chi connectivity index (χ3v) is 3.43. The van der Waals surface area contributed by atoms with Crippen LogP contribution < -0.4 is 10.2 Å². The van der Waals surface area contributed by atoms with Gasteiger partial charge in [-0.2, -0.15) is 0 Å².